The molecule has 1 aliphatic carbocycles. The first-order chi connectivity index (χ1) is 14.0. The van der Waals surface area contributed by atoms with Crippen molar-refractivity contribution in [1.82, 2.24) is 0 Å². The van der Waals surface area contributed by atoms with E-state index in [1.54, 1.807) is 23.5 Å². The number of anilines is 3. The smallest absolute Gasteiger partial charge is 0.341 e. The molecule has 1 aliphatic rings. The van der Waals surface area contributed by atoms with Gasteiger partial charge in [0.1, 0.15) is 5.00 Å². The van der Waals surface area contributed by atoms with Crippen molar-refractivity contribution in [2.45, 2.75) is 46.0 Å². The lowest BCUT2D eigenvalue weighted by Gasteiger charge is -2.12. The van der Waals surface area contributed by atoms with E-state index in [2.05, 4.69) is 16.0 Å². The van der Waals surface area contributed by atoms with Gasteiger partial charge in [0.2, 0.25) is 5.91 Å². The average molecular weight is 432 g/mol. The topological polar surface area (TPSA) is 79.5 Å². The molecule has 0 atom stereocenters. The molecule has 29 heavy (non-hydrogen) atoms. The third-order valence-electron chi connectivity index (χ3n) is 4.57. The maximum atomic E-state index is 12.6. The Morgan fingerprint density at radius 1 is 1.10 bits per heavy atom. The lowest BCUT2D eigenvalue weighted by molar-refractivity contribution is -0.114. The number of esters is 1. The third-order valence-corrected chi connectivity index (χ3v) is 5.98. The van der Waals surface area contributed by atoms with Crippen molar-refractivity contribution >= 4 is 56.9 Å². The number of hydrogen-bond donors (Lipinski definition) is 3. The number of fused-ring (bicyclic) bond motifs is 1. The molecule has 1 aromatic carbocycles. The van der Waals surface area contributed by atoms with Crippen LogP contribution < -0.4 is 16.0 Å². The fraction of sp³-hybridized carbons (Fsp3) is 0.381. The third kappa shape index (κ3) is 5.55. The number of amides is 1. The van der Waals surface area contributed by atoms with E-state index in [4.69, 9.17) is 17.0 Å². The molecule has 3 rings (SSSR count). The minimum atomic E-state index is -0.301. The molecule has 2 aromatic rings. The Bertz CT molecular complexity index is 924. The summed E-state index contributed by atoms with van der Waals surface area (Å²) in [5.74, 6) is -0.438. The van der Waals surface area contributed by atoms with Crippen LogP contribution in [0.15, 0.2) is 24.3 Å². The van der Waals surface area contributed by atoms with Crippen LogP contribution in [0.3, 0.4) is 0 Å². The predicted octanol–water partition coefficient (Wildman–Crippen LogP) is 4.96. The summed E-state index contributed by atoms with van der Waals surface area (Å²) in [5, 5.41) is 10.2. The van der Waals surface area contributed by atoms with Crippen LogP contribution in [0.25, 0.3) is 0 Å². The molecule has 8 heteroatoms. The summed E-state index contributed by atoms with van der Waals surface area (Å²) in [6.07, 6.45) is 5.26. The molecular formula is C21H25N3O3S2. The van der Waals surface area contributed by atoms with E-state index < -0.39 is 0 Å². The van der Waals surface area contributed by atoms with Crippen molar-refractivity contribution in [3.05, 3.63) is 40.3 Å². The molecule has 1 amide bonds. The Morgan fingerprint density at radius 3 is 2.55 bits per heavy atom. The van der Waals surface area contributed by atoms with E-state index in [1.807, 2.05) is 19.1 Å². The van der Waals surface area contributed by atoms with Crippen molar-refractivity contribution in [2.24, 2.45) is 0 Å². The first-order valence-corrected chi connectivity index (χ1v) is 11.0. The maximum Gasteiger partial charge on any atom is 0.341 e. The highest BCUT2D eigenvalue weighted by Crippen LogP contribution is 2.38. The minimum Gasteiger partial charge on any atom is -0.462 e. The van der Waals surface area contributed by atoms with Gasteiger partial charge in [-0.3, -0.25) is 4.79 Å². The van der Waals surface area contributed by atoms with Crippen LogP contribution in [0, 0.1) is 0 Å². The van der Waals surface area contributed by atoms with Gasteiger partial charge in [-0.05, 0) is 68.6 Å². The van der Waals surface area contributed by atoms with Gasteiger partial charge >= 0.3 is 5.97 Å². The first-order valence-electron chi connectivity index (χ1n) is 9.75. The van der Waals surface area contributed by atoms with Crippen LogP contribution in [0.2, 0.25) is 0 Å². The van der Waals surface area contributed by atoms with Gasteiger partial charge in [-0.2, -0.15) is 0 Å². The second-order valence-electron chi connectivity index (χ2n) is 6.83. The normalized spacial score (nSPS) is 13.0. The summed E-state index contributed by atoms with van der Waals surface area (Å²) in [7, 11) is 0. The highest BCUT2D eigenvalue weighted by molar-refractivity contribution is 7.80. The Labute approximate surface area is 180 Å². The van der Waals surface area contributed by atoms with Gasteiger partial charge in [-0.25, -0.2) is 4.79 Å². The monoisotopic (exact) mass is 431 g/mol. The van der Waals surface area contributed by atoms with E-state index in [0.717, 1.165) is 41.9 Å². The number of ether oxygens (including phenoxy) is 1. The molecule has 0 fully saturated rings. The van der Waals surface area contributed by atoms with Crippen molar-refractivity contribution in [3.8, 4) is 0 Å². The highest BCUT2D eigenvalue weighted by Gasteiger charge is 2.26. The zero-order chi connectivity index (χ0) is 20.8. The quantitative estimate of drug-likeness (QED) is 0.353. The number of hydrogen-bond acceptors (Lipinski definition) is 5. The number of aryl methyl sites for hydroxylation is 1. The van der Waals surface area contributed by atoms with Crippen LogP contribution in [0.4, 0.5) is 16.4 Å². The van der Waals surface area contributed by atoms with E-state index in [1.165, 1.54) is 18.2 Å². The number of carbonyl (C=O) groups excluding carboxylic acids is 2. The second kappa shape index (κ2) is 9.84. The van der Waals surface area contributed by atoms with Crippen molar-refractivity contribution in [3.63, 3.8) is 0 Å². The molecule has 1 aromatic heterocycles. The molecule has 0 radical (unpaired) electrons. The van der Waals surface area contributed by atoms with Gasteiger partial charge in [0.25, 0.3) is 0 Å². The molecule has 1 heterocycles. The molecular weight excluding hydrogens is 406 g/mol. The molecule has 0 unspecified atom stereocenters. The summed E-state index contributed by atoms with van der Waals surface area (Å²) in [5.41, 5.74) is 3.14. The number of carbonyl (C=O) groups is 2. The predicted molar refractivity (Wildman–Crippen MR) is 122 cm³/mol. The van der Waals surface area contributed by atoms with Gasteiger partial charge in [0.05, 0.1) is 12.2 Å². The van der Waals surface area contributed by atoms with Gasteiger partial charge < -0.3 is 20.7 Å². The number of benzene rings is 1. The Balaban J connectivity index is 1.79. The Morgan fingerprint density at radius 2 is 1.83 bits per heavy atom. The molecule has 3 N–H and O–H groups in total. The number of thiophene rings is 1. The Kier molecular flexibility index (Phi) is 7.22. The molecule has 0 bridgehead atoms. The lowest BCUT2D eigenvalue weighted by Crippen LogP contribution is -2.20. The fourth-order valence-electron chi connectivity index (χ4n) is 3.39. The molecule has 6 nitrogen and oxygen atoms in total. The van der Waals surface area contributed by atoms with Crippen LogP contribution in [-0.4, -0.2) is 23.6 Å². The van der Waals surface area contributed by atoms with Gasteiger partial charge in [-0.1, -0.05) is 12.5 Å². The van der Waals surface area contributed by atoms with Crippen LogP contribution in [-0.2, 0) is 22.4 Å². The number of thiocarbonyl (C=S) groups is 1. The summed E-state index contributed by atoms with van der Waals surface area (Å²) in [6.45, 7) is 3.61. The SMILES string of the molecule is CCOC(=O)c1c(NC(=S)Nc2cccc(NC(C)=O)c2)sc2c1CCCCC2. The first kappa shape index (κ1) is 21.3. The summed E-state index contributed by atoms with van der Waals surface area (Å²) < 4.78 is 5.31. The van der Waals surface area contributed by atoms with Crippen LogP contribution >= 0.6 is 23.6 Å². The molecule has 0 spiro atoms. The fourth-order valence-corrected chi connectivity index (χ4v) is 4.96. The number of nitrogens with one attached hydrogen (secondary N) is 3. The zero-order valence-electron chi connectivity index (χ0n) is 16.6. The highest BCUT2D eigenvalue weighted by atomic mass is 32.1. The van der Waals surface area contributed by atoms with E-state index >= 15 is 0 Å². The zero-order valence-corrected chi connectivity index (χ0v) is 18.2. The van der Waals surface area contributed by atoms with Crippen molar-refractivity contribution in [1.29, 1.82) is 0 Å². The van der Waals surface area contributed by atoms with Gasteiger partial charge in [-0.15, -0.1) is 11.3 Å². The molecule has 0 aliphatic heterocycles. The summed E-state index contributed by atoms with van der Waals surface area (Å²) in [6, 6.07) is 7.28. The number of rotatable bonds is 5. The van der Waals surface area contributed by atoms with E-state index in [9.17, 15) is 9.59 Å². The average Bonchev–Trinajstić information content (AvgIpc) is 2.82. The molecule has 154 valence electrons. The van der Waals surface area contributed by atoms with Gasteiger partial charge in [0.15, 0.2) is 5.11 Å². The summed E-state index contributed by atoms with van der Waals surface area (Å²) in [4.78, 5) is 25.1. The van der Waals surface area contributed by atoms with Gasteiger partial charge in [0, 0.05) is 23.2 Å². The lowest BCUT2D eigenvalue weighted by atomic mass is 10.1. The van der Waals surface area contributed by atoms with Crippen LogP contribution in [0.5, 0.6) is 0 Å². The molecule has 0 saturated carbocycles. The second-order valence-corrected chi connectivity index (χ2v) is 8.34. The standard InChI is InChI=1S/C21H25N3O3S2/c1-3-27-20(26)18-16-10-5-4-6-11-17(16)29-19(18)24-21(28)23-15-9-7-8-14(12-15)22-13(2)25/h7-9,12H,3-6,10-11H2,1-2H3,(H,22,25)(H2,23,24,28). The maximum absolute atomic E-state index is 12.6. The largest absolute Gasteiger partial charge is 0.462 e. The van der Waals surface area contributed by atoms with Crippen molar-refractivity contribution in [2.75, 3.05) is 22.6 Å². The minimum absolute atomic E-state index is 0.137. The van der Waals surface area contributed by atoms with E-state index in [-0.39, 0.29) is 11.9 Å². The Hall–Kier alpha value is -2.45. The van der Waals surface area contributed by atoms with Crippen molar-refractivity contribution < 1.29 is 14.3 Å². The molecule has 0 saturated heterocycles. The summed E-state index contributed by atoms with van der Waals surface area (Å²) >= 11 is 7.06. The van der Waals surface area contributed by atoms with Crippen LogP contribution in [0.1, 0.15) is 53.9 Å². The van der Waals surface area contributed by atoms with E-state index in [0.29, 0.717) is 23.0 Å².